The molecule has 8 nitrogen and oxygen atoms in total. The molecule has 2 aliphatic heterocycles. The van der Waals surface area contributed by atoms with Gasteiger partial charge in [-0.15, -0.1) is 0 Å². The molecule has 0 atom stereocenters. The monoisotopic (exact) mass is 431 g/mol. The largest absolute Gasteiger partial charge is 0.337 e. The van der Waals surface area contributed by atoms with Gasteiger partial charge in [0.25, 0.3) is 5.91 Å². The summed E-state index contributed by atoms with van der Waals surface area (Å²) in [7, 11) is 0.0592. The van der Waals surface area contributed by atoms with E-state index in [1.807, 2.05) is 0 Å². The SMILES string of the molecule is C=N/C(=C\C(Cl)=N/C)C(=O)N1CCC(N2CCC(N(C)S(C)(=O)=O)CC2)CC1. The number of hydrogen-bond donors (Lipinski definition) is 0. The van der Waals surface area contributed by atoms with Crippen LogP contribution >= 0.6 is 11.6 Å². The van der Waals surface area contributed by atoms with Crippen LogP contribution in [-0.4, -0.2) is 98.9 Å². The van der Waals surface area contributed by atoms with Crippen molar-refractivity contribution in [1.82, 2.24) is 14.1 Å². The predicted octanol–water partition coefficient (Wildman–Crippen LogP) is 1.18. The molecule has 2 fully saturated rings. The number of hydrogen-bond acceptors (Lipinski definition) is 6. The molecule has 0 aromatic carbocycles. The highest BCUT2D eigenvalue weighted by Crippen LogP contribution is 2.24. The van der Waals surface area contributed by atoms with Crippen molar-refractivity contribution in [3.05, 3.63) is 11.8 Å². The van der Waals surface area contributed by atoms with E-state index in [4.69, 9.17) is 11.6 Å². The molecule has 158 valence electrons. The summed E-state index contributed by atoms with van der Waals surface area (Å²) < 4.78 is 24.9. The van der Waals surface area contributed by atoms with Crippen molar-refractivity contribution in [2.45, 2.75) is 37.8 Å². The van der Waals surface area contributed by atoms with E-state index in [9.17, 15) is 13.2 Å². The molecule has 0 spiro atoms. The molecule has 0 unspecified atom stereocenters. The maximum atomic E-state index is 12.6. The van der Waals surface area contributed by atoms with E-state index in [-0.39, 0.29) is 22.8 Å². The second-order valence-corrected chi connectivity index (χ2v) is 9.73. The smallest absolute Gasteiger partial charge is 0.272 e. The van der Waals surface area contributed by atoms with Crippen LogP contribution in [0.25, 0.3) is 0 Å². The number of rotatable bonds is 6. The standard InChI is InChI=1S/C18H30ClN5O3S/c1-20-16(13-17(19)21-2)18(25)24-11-7-15(8-12-24)23-9-5-14(6-10-23)22(3)28(4,26)27/h13-15H,1,5-12H2,2-4H3/b16-13-,21-17+. The molecule has 2 rings (SSSR count). The molecule has 1 amide bonds. The van der Waals surface area contributed by atoms with Gasteiger partial charge in [-0.2, -0.15) is 0 Å². The average molecular weight is 432 g/mol. The van der Waals surface area contributed by atoms with Gasteiger partial charge in [-0.05, 0) is 45.5 Å². The first kappa shape index (κ1) is 23.0. The van der Waals surface area contributed by atoms with Crippen LogP contribution in [0, 0.1) is 0 Å². The highest BCUT2D eigenvalue weighted by molar-refractivity contribution is 7.88. The number of piperidine rings is 2. The van der Waals surface area contributed by atoms with Gasteiger partial charge in [-0.3, -0.25) is 14.8 Å². The lowest BCUT2D eigenvalue weighted by molar-refractivity contribution is -0.128. The summed E-state index contributed by atoms with van der Waals surface area (Å²) in [6.07, 6.45) is 6.14. The summed E-state index contributed by atoms with van der Waals surface area (Å²) in [6, 6.07) is 0.489. The maximum absolute atomic E-state index is 12.6. The Morgan fingerprint density at radius 2 is 1.75 bits per heavy atom. The van der Waals surface area contributed by atoms with Crippen molar-refractivity contribution < 1.29 is 13.2 Å². The second kappa shape index (κ2) is 9.96. The number of amides is 1. The zero-order valence-electron chi connectivity index (χ0n) is 16.8. The molecular formula is C18H30ClN5O3S. The minimum atomic E-state index is -3.15. The van der Waals surface area contributed by atoms with Crippen LogP contribution < -0.4 is 0 Å². The predicted molar refractivity (Wildman–Crippen MR) is 114 cm³/mol. The lowest BCUT2D eigenvalue weighted by Gasteiger charge is -2.43. The molecule has 0 aromatic heterocycles. The highest BCUT2D eigenvalue weighted by Gasteiger charge is 2.32. The van der Waals surface area contributed by atoms with E-state index >= 15 is 0 Å². The third-order valence-corrected chi connectivity index (χ3v) is 7.29. The van der Waals surface area contributed by atoms with E-state index in [2.05, 4.69) is 21.6 Å². The summed E-state index contributed by atoms with van der Waals surface area (Å²) >= 11 is 5.88. The third-order valence-electron chi connectivity index (χ3n) is 5.66. The Bertz CT molecular complexity index is 736. The second-order valence-electron chi connectivity index (χ2n) is 7.30. The molecular weight excluding hydrogens is 402 g/mol. The summed E-state index contributed by atoms with van der Waals surface area (Å²) in [5, 5.41) is 0.215. The van der Waals surface area contributed by atoms with Gasteiger partial charge in [-0.25, -0.2) is 12.7 Å². The number of sulfonamides is 1. The van der Waals surface area contributed by atoms with Crippen molar-refractivity contribution in [2.24, 2.45) is 9.98 Å². The topological polar surface area (TPSA) is 85.7 Å². The Balaban J connectivity index is 1.87. The zero-order chi connectivity index (χ0) is 20.9. The van der Waals surface area contributed by atoms with Crippen LogP contribution in [-0.2, 0) is 14.8 Å². The number of carbonyl (C=O) groups excluding carboxylic acids is 1. The fourth-order valence-electron chi connectivity index (χ4n) is 3.83. The van der Waals surface area contributed by atoms with Crippen LogP contribution in [0.3, 0.4) is 0 Å². The van der Waals surface area contributed by atoms with Crippen molar-refractivity contribution in [3.8, 4) is 0 Å². The van der Waals surface area contributed by atoms with E-state index in [0.29, 0.717) is 19.1 Å². The molecule has 0 saturated carbocycles. The Hall–Kier alpha value is -1.29. The molecule has 0 bridgehead atoms. The van der Waals surface area contributed by atoms with Gasteiger partial charge in [0.1, 0.15) is 10.9 Å². The van der Waals surface area contributed by atoms with Crippen molar-refractivity contribution in [1.29, 1.82) is 0 Å². The number of aliphatic imine (C=N–C) groups is 2. The molecule has 0 radical (unpaired) electrons. The quantitative estimate of drug-likeness (QED) is 0.467. The van der Waals surface area contributed by atoms with Crippen molar-refractivity contribution in [2.75, 3.05) is 46.5 Å². The van der Waals surface area contributed by atoms with Gasteiger partial charge in [-0.1, -0.05) is 11.6 Å². The van der Waals surface area contributed by atoms with Crippen LogP contribution in [0.1, 0.15) is 25.7 Å². The zero-order valence-corrected chi connectivity index (χ0v) is 18.4. The van der Waals surface area contributed by atoms with Gasteiger partial charge in [0.05, 0.1) is 6.26 Å². The summed E-state index contributed by atoms with van der Waals surface area (Å²) in [5.41, 5.74) is 0.207. The van der Waals surface area contributed by atoms with Gasteiger partial charge in [0.15, 0.2) is 0 Å². The Kier molecular flexibility index (Phi) is 8.18. The molecule has 2 aliphatic rings. The minimum Gasteiger partial charge on any atom is -0.337 e. The van der Waals surface area contributed by atoms with Crippen LogP contribution in [0.5, 0.6) is 0 Å². The van der Waals surface area contributed by atoms with Crippen molar-refractivity contribution in [3.63, 3.8) is 0 Å². The fourth-order valence-corrected chi connectivity index (χ4v) is 4.69. The number of carbonyl (C=O) groups is 1. The van der Waals surface area contributed by atoms with Crippen LogP contribution in [0.4, 0.5) is 0 Å². The molecule has 2 heterocycles. The highest BCUT2D eigenvalue weighted by atomic mass is 35.5. The van der Waals surface area contributed by atoms with Gasteiger partial charge < -0.3 is 9.80 Å². The maximum Gasteiger partial charge on any atom is 0.272 e. The first-order valence-electron chi connectivity index (χ1n) is 9.44. The number of allylic oxidation sites excluding steroid dienone is 1. The third kappa shape index (κ3) is 5.85. The summed E-state index contributed by atoms with van der Waals surface area (Å²) in [6.45, 7) is 6.52. The summed E-state index contributed by atoms with van der Waals surface area (Å²) in [5.74, 6) is -0.177. The first-order chi connectivity index (χ1) is 13.2. The van der Waals surface area contributed by atoms with Gasteiger partial charge >= 0.3 is 0 Å². The fraction of sp³-hybridized carbons (Fsp3) is 0.722. The molecule has 28 heavy (non-hydrogen) atoms. The number of likely N-dealkylation sites (tertiary alicyclic amines) is 2. The molecule has 2 saturated heterocycles. The minimum absolute atomic E-state index is 0.0734. The van der Waals surface area contributed by atoms with Gasteiger partial charge in [0, 0.05) is 45.3 Å². The molecule has 0 N–H and O–H groups in total. The number of halogens is 1. The Morgan fingerprint density at radius 3 is 2.21 bits per heavy atom. The average Bonchev–Trinajstić information content (AvgIpc) is 2.70. The van der Waals surface area contributed by atoms with E-state index in [1.165, 1.54) is 16.6 Å². The lowest BCUT2D eigenvalue weighted by Crippen LogP contribution is -2.52. The van der Waals surface area contributed by atoms with Gasteiger partial charge in [0.2, 0.25) is 10.0 Å². The molecule has 0 aliphatic carbocycles. The van der Waals surface area contributed by atoms with Crippen molar-refractivity contribution >= 4 is 39.4 Å². The Morgan fingerprint density at radius 1 is 1.18 bits per heavy atom. The number of nitrogens with zero attached hydrogens (tertiary/aromatic N) is 5. The molecule has 0 aromatic rings. The Labute approximate surface area is 173 Å². The van der Waals surface area contributed by atoms with E-state index < -0.39 is 10.0 Å². The van der Waals surface area contributed by atoms with E-state index in [1.54, 1.807) is 19.0 Å². The first-order valence-corrected chi connectivity index (χ1v) is 11.7. The normalized spacial score (nSPS) is 22.0. The summed E-state index contributed by atoms with van der Waals surface area (Å²) in [4.78, 5) is 24.4. The van der Waals surface area contributed by atoms with Crippen LogP contribution in [0.15, 0.2) is 21.8 Å². The lowest BCUT2D eigenvalue weighted by atomic mass is 9.97. The van der Waals surface area contributed by atoms with E-state index in [0.717, 1.165) is 38.8 Å². The van der Waals surface area contributed by atoms with Crippen LogP contribution in [0.2, 0.25) is 0 Å². The molecule has 10 heteroatoms.